The van der Waals surface area contributed by atoms with Gasteiger partial charge in [0.1, 0.15) is 0 Å². The van der Waals surface area contributed by atoms with Gasteiger partial charge in [-0.05, 0) is 37.0 Å². The summed E-state index contributed by atoms with van der Waals surface area (Å²) in [7, 11) is -1.19. The number of aliphatic imine (C=N–C) groups is 1. The van der Waals surface area contributed by atoms with Crippen LogP contribution in [-0.2, 0) is 11.0 Å². The predicted molar refractivity (Wildman–Crippen MR) is 118 cm³/mol. The van der Waals surface area contributed by atoms with Gasteiger partial charge in [-0.25, -0.2) is 4.21 Å². The summed E-state index contributed by atoms with van der Waals surface area (Å²) in [5.74, 6) is 1.41. The van der Waals surface area contributed by atoms with E-state index in [1.54, 1.807) is 0 Å². The molecule has 1 aromatic carbocycles. The largest absolute Gasteiger partial charge is 0.339 e. The molecule has 0 spiro atoms. The molecule has 156 valence electrons. The highest BCUT2D eigenvalue weighted by atomic mass is 32.2. The first kappa shape index (κ1) is 21.3. The van der Waals surface area contributed by atoms with Crippen LogP contribution in [0.1, 0.15) is 58.4 Å². The molecule has 1 saturated heterocycles. The van der Waals surface area contributed by atoms with Crippen molar-refractivity contribution in [2.24, 2.45) is 4.99 Å². The highest BCUT2D eigenvalue weighted by molar-refractivity contribution is 7.83. The van der Waals surface area contributed by atoms with Gasteiger partial charge in [-0.2, -0.15) is 0 Å². The molecule has 1 fully saturated rings. The van der Waals surface area contributed by atoms with Crippen molar-refractivity contribution in [3.63, 3.8) is 0 Å². The molecule has 2 heterocycles. The van der Waals surface area contributed by atoms with Gasteiger partial charge in [0.2, 0.25) is 5.96 Å². The summed E-state index contributed by atoms with van der Waals surface area (Å²) < 4.78 is 15.2. The molecule has 3 rings (SSSR count). The maximum absolute atomic E-state index is 13.2. The summed E-state index contributed by atoms with van der Waals surface area (Å²) >= 11 is 0. The fourth-order valence-corrected chi connectivity index (χ4v) is 5.17. The molecule has 0 bridgehead atoms. The van der Waals surface area contributed by atoms with Crippen molar-refractivity contribution in [3.05, 3.63) is 29.8 Å². The second-order valence-electron chi connectivity index (χ2n) is 8.27. The quantitative estimate of drug-likeness (QED) is 0.696. The summed E-state index contributed by atoms with van der Waals surface area (Å²) in [6.45, 7) is 14.5. The minimum Gasteiger partial charge on any atom is -0.339 e. The van der Waals surface area contributed by atoms with E-state index in [0.29, 0.717) is 12.0 Å². The van der Waals surface area contributed by atoms with Crippen molar-refractivity contribution in [1.29, 1.82) is 0 Å². The molecule has 5 nitrogen and oxygen atoms in total. The standard InChI is InChI=1S/C22H36N4OS/c1-5-6-7-19(4)24-14-16-25(17-15-24)22-23-12-13-26(22)28(27)21-10-8-20(9-11-21)18(2)3/h8-11,18-19H,5-7,12-17H2,1-4H3. The van der Waals surface area contributed by atoms with Crippen LogP contribution in [-0.4, -0.2) is 69.6 Å². The van der Waals surface area contributed by atoms with Crippen molar-refractivity contribution in [1.82, 2.24) is 14.1 Å². The summed E-state index contributed by atoms with van der Waals surface area (Å²) in [5, 5.41) is 0. The van der Waals surface area contributed by atoms with Crippen LogP contribution in [0.3, 0.4) is 0 Å². The minimum atomic E-state index is -1.19. The van der Waals surface area contributed by atoms with E-state index in [0.717, 1.165) is 50.1 Å². The first-order valence-electron chi connectivity index (χ1n) is 10.8. The van der Waals surface area contributed by atoms with E-state index in [9.17, 15) is 4.21 Å². The number of benzene rings is 1. The Morgan fingerprint density at radius 1 is 1.04 bits per heavy atom. The molecule has 0 aromatic heterocycles. The van der Waals surface area contributed by atoms with Crippen LogP contribution >= 0.6 is 0 Å². The van der Waals surface area contributed by atoms with Gasteiger partial charge in [0, 0.05) is 32.2 Å². The Morgan fingerprint density at radius 3 is 2.32 bits per heavy atom. The van der Waals surface area contributed by atoms with Crippen LogP contribution in [0.2, 0.25) is 0 Å². The van der Waals surface area contributed by atoms with E-state index in [-0.39, 0.29) is 0 Å². The van der Waals surface area contributed by atoms with Gasteiger partial charge < -0.3 is 4.90 Å². The molecule has 2 aliphatic rings. The van der Waals surface area contributed by atoms with Gasteiger partial charge in [0.15, 0.2) is 11.0 Å². The molecule has 28 heavy (non-hydrogen) atoms. The lowest BCUT2D eigenvalue weighted by Gasteiger charge is -2.40. The maximum atomic E-state index is 13.2. The minimum absolute atomic E-state index is 0.488. The third kappa shape index (κ3) is 4.95. The monoisotopic (exact) mass is 404 g/mol. The van der Waals surface area contributed by atoms with Gasteiger partial charge in [0.25, 0.3) is 0 Å². The maximum Gasteiger partial charge on any atom is 0.209 e. The highest BCUT2D eigenvalue weighted by Crippen LogP contribution is 2.21. The van der Waals surface area contributed by atoms with Crippen LogP contribution in [0.5, 0.6) is 0 Å². The van der Waals surface area contributed by atoms with Crippen molar-refractivity contribution >= 4 is 16.9 Å². The van der Waals surface area contributed by atoms with Gasteiger partial charge >= 0.3 is 0 Å². The number of guanidine groups is 1. The Kier molecular flexibility index (Phi) is 7.52. The number of rotatable bonds is 7. The van der Waals surface area contributed by atoms with E-state index in [1.165, 1.54) is 24.8 Å². The number of hydrogen-bond acceptors (Lipinski definition) is 4. The molecule has 0 N–H and O–H groups in total. The molecule has 2 aliphatic heterocycles. The summed E-state index contributed by atoms with van der Waals surface area (Å²) in [5.41, 5.74) is 1.28. The Bertz CT molecular complexity index is 680. The first-order valence-corrected chi connectivity index (χ1v) is 11.9. The molecule has 0 saturated carbocycles. The Labute approximate surface area is 173 Å². The zero-order valence-electron chi connectivity index (χ0n) is 17.9. The van der Waals surface area contributed by atoms with Crippen molar-refractivity contribution in [2.75, 3.05) is 39.3 Å². The molecular weight excluding hydrogens is 368 g/mol. The third-order valence-electron chi connectivity index (χ3n) is 5.92. The second kappa shape index (κ2) is 9.88. The summed E-state index contributed by atoms with van der Waals surface area (Å²) in [6.07, 6.45) is 3.84. The Morgan fingerprint density at radius 2 is 1.71 bits per heavy atom. The van der Waals surface area contributed by atoms with E-state index in [4.69, 9.17) is 4.99 Å². The topological polar surface area (TPSA) is 39.1 Å². The predicted octanol–water partition coefficient (Wildman–Crippen LogP) is 3.70. The highest BCUT2D eigenvalue weighted by Gasteiger charge is 2.31. The van der Waals surface area contributed by atoms with Crippen molar-refractivity contribution in [2.45, 2.75) is 63.8 Å². The molecular formula is C22H36N4OS. The number of nitrogens with zero attached hydrogens (tertiary/aromatic N) is 4. The average molecular weight is 405 g/mol. The molecule has 2 atom stereocenters. The Balaban J connectivity index is 1.60. The van der Waals surface area contributed by atoms with Crippen LogP contribution in [0.15, 0.2) is 34.2 Å². The zero-order valence-corrected chi connectivity index (χ0v) is 18.7. The fourth-order valence-electron chi connectivity index (χ4n) is 3.98. The van der Waals surface area contributed by atoms with Crippen molar-refractivity contribution in [3.8, 4) is 0 Å². The molecule has 1 aromatic rings. The van der Waals surface area contributed by atoms with Crippen LogP contribution in [0.25, 0.3) is 0 Å². The number of piperazine rings is 1. The first-order chi connectivity index (χ1) is 13.5. The van der Waals surface area contributed by atoms with Gasteiger partial charge in [-0.3, -0.25) is 14.2 Å². The molecule has 0 radical (unpaired) electrons. The lowest BCUT2D eigenvalue weighted by atomic mass is 10.0. The van der Waals surface area contributed by atoms with Gasteiger partial charge in [0.05, 0.1) is 18.0 Å². The van der Waals surface area contributed by atoms with E-state index >= 15 is 0 Å². The molecule has 2 unspecified atom stereocenters. The number of unbranched alkanes of at least 4 members (excludes halogenated alkanes) is 1. The van der Waals surface area contributed by atoms with E-state index in [2.05, 4.69) is 49.6 Å². The summed E-state index contributed by atoms with van der Waals surface area (Å²) in [6, 6.07) is 8.86. The average Bonchev–Trinajstić information content (AvgIpc) is 3.21. The SMILES string of the molecule is CCCCC(C)N1CCN(C2=NCCN2S(=O)c2ccc(C(C)C)cc2)CC1. The lowest BCUT2D eigenvalue weighted by molar-refractivity contribution is 0.130. The third-order valence-corrected chi connectivity index (χ3v) is 7.35. The van der Waals surface area contributed by atoms with E-state index < -0.39 is 11.0 Å². The van der Waals surface area contributed by atoms with Crippen LogP contribution in [0.4, 0.5) is 0 Å². The smallest absolute Gasteiger partial charge is 0.209 e. The zero-order chi connectivity index (χ0) is 20.1. The van der Waals surface area contributed by atoms with Crippen LogP contribution in [0, 0.1) is 0 Å². The lowest BCUT2D eigenvalue weighted by Crippen LogP contribution is -2.54. The van der Waals surface area contributed by atoms with Crippen LogP contribution < -0.4 is 0 Å². The normalized spacial score (nSPS) is 20.5. The molecule has 6 heteroatoms. The number of hydrogen-bond donors (Lipinski definition) is 0. The van der Waals surface area contributed by atoms with E-state index in [1.807, 2.05) is 16.4 Å². The van der Waals surface area contributed by atoms with Crippen molar-refractivity contribution < 1.29 is 4.21 Å². The Hall–Kier alpha value is -1.40. The second-order valence-corrected chi connectivity index (χ2v) is 9.68. The molecule has 0 aliphatic carbocycles. The summed E-state index contributed by atoms with van der Waals surface area (Å²) in [4.78, 5) is 10.5. The fraction of sp³-hybridized carbons (Fsp3) is 0.682. The molecule has 0 amide bonds. The van der Waals surface area contributed by atoms with Gasteiger partial charge in [-0.1, -0.05) is 45.7 Å². The van der Waals surface area contributed by atoms with Gasteiger partial charge in [-0.15, -0.1) is 0 Å².